The highest BCUT2D eigenvalue weighted by Crippen LogP contribution is 2.20. The summed E-state index contributed by atoms with van der Waals surface area (Å²) in [7, 11) is 0. The third-order valence-corrected chi connectivity index (χ3v) is 9.34. The Morgan fingerprint density at radius 3 is 1.96 bits per heavy atom. The van der Waals surface area contributed by atoms with Crippen molar-refractivity contribution in [3.05, 3.63) is 71.9 Å². The molecule has 0 aliphatic rings. The lowest BCUT2D eigenvalue weighted by Gasteiger charge is -2.28. The molecule has 8 N–H and O–H groups in total. The second-order valence-electron chi connectivity index (χ2n) is 14.6. The molecule has 2 aromatic carbocycles. The van der Waals surface area contributed by atoms with Crippen molar-refractivity contribution in [1.29, 1.82) is 0 Å². The number of aromatic amines is 1. The Morgan fingerprint density at radius 1 is 0.717 bits per heavy atom. The van der Waals surface area contributed by atoms with E-state index in [0.717, 1.165) is 22.0 Å². The van der Waals surface area contributed by atoms with Crippen molar-refractivity contribution in [2.24, 2.45) is 23.5 Å². The second-order valence-corrected chi connectivity index (χ2v) is 14.6. The maximum atomic E-state index is 14.0. The van der Waals surface area contributed by atoms with Crippen LogP contribution in [0.25, 0.3) is 10.9 Å². The van der Waals surface area contributed by atoms with Gasteiger partial charge >= 0.3 is 0 Å². The number of hydrogen-bond acceptors (Lipinski definition) is 7. The summed E-state index contributed by atoms with van der Waals surface area (Å²) in [5.74, 6) is -3.34. The predicted molar refractivity (Wildman–Crippen MR) is 205 cm³/mol. The fourth-order valence-electron chi connectivity index (χ4n) is 5.88. The molecule has 1 radical (unpaired) electrons. The number of H-pyrrole nitrogens is 1. The standard InChI is InChI=1S/C40H56N7O6/c1-8-25(6)35(47-37(50)30(41)19-27-14-10-9-11-15-27)40(53)43-26(7)36(49)44-33(20-28-21-42-31-17-13-12-16-29(28)31)39(52)45-32(18-23(2)3)38(51)46-34(22-48)24(4)5/h9-17,21,23-26,30,32-35,42H,8,18-20,41H2,1-7H3,(H,43,53)(H,44,49)(H,45,52)(H,46,51)(H,47,50)/t25-,26-,30-,32-,33-,34+,35-/m0/s1. The number of hydrogen-bond donors (Lipinski definition) is 7. The maximum absolute atomic E-state index is 14.0. The number of amides is 5. The number of benzene rings is 2. The lowest BCUT2D eigenvalue weighted by Crippen LogP contribution is -2.60. The number of fused-ring (bicyclic) bond motifs is 1. The van der Waals surface area contributed by atoms with E-state index in [1.165, 1.54) is 6.92 Å². The molecular weight excluding hydrogens is 674 g/mol. The normalized spacial score (nSPS) is 15.4. The first-order chi connectivity index (χ1) is 25.1. The van der Waals surface area contributed by atoms with Gasteiger partial charge in [-0.1, -0.05) is 96.5 Å². The molecule has 1 heterocycles. The van der Waals surface area contributed by atoms with E-state index in [0.29, 0.717) is 6.42 Å². The van der Waals surface area contributed by atoms with E-state index in [2.05, 4.69) is 31.6 Å². The quantitative estimate of drug-likeness (QED) is 0.0925. The van der Waals surface area contributed by atoms with Crippen molar-refractivity contribution in [1.82, 2.24) is 31.6 Å². The number of nitrogens with one attached hydrogen (secondary N) is 6. The largest absolute Gasteiger partial charge is 0.361 e. The Labute approximate surface area is 312 Å². The Balaban J connectivity index is 1.80. The van der Waals surface area contributed by atoms with E-state index < -0.39 is 65.8 Å². The van der Waals surface area contributed by atoms with Gasteiger partial charge in [0.2, 0.25) is 35.8 Å². The van der Waals surface area contributed by atoms with Gasteiger partial charge in [0.1, 0.15) is 24.2 Å². The lowest BCUT2D eigenvalue weighted by atomic mass is 9.97. The molecule has 5 amide bonds. The molecule has 0 saturated heterocycles. The van der Waals surface area contributed by atoms with Gasteiger partial charge in [0, 0.05) is 23.5 Å². The van der Waals surface area contributed by atoms with Gasteiger partial charge in [0.05, 0.1) is 12.1 Å². The number of aromatic nitrogens is 1. The van der Waals surface area contributed by atoms with Crippen LogP contribution in [0.3, 0.4) is 0 Å². The summed E-state index contributed by atoms with van der Waals surface area (Å²) in [6.07, 6.45) is 4.80. The third kappa shape index (κ3) is 12.6. The monoisotopic (exact) mass is 730 g/mol. The lowest BCUT2D eigenvalue weighted by molar-refractivity contribution is -0.135. The summed E-state index contributed by atoms with van der Waals surface area (Å²) < 4.78 is 0. The molecule has 3 aromatic rings. The molecule has 0 saturated carbocycles. The van der Waals surface area contributed by atoms with Crippen molar-refractivity contribution in [3.63, 3.8) is 0 Å². The molecule has 1 aromatic heterocycles. The SMILES string of the molecule is CC[C@H](C)[C@H](NC(=O)[C@@H](N)Cc1ccccc1)C(=O)N[C@@H](C)C(=O)N[C@@H](Cc1c[nH]c2ccccc12)C(=O)N[C@@H](CC(C)C)C(=O)N[C@H]([C]=O)C(C)C. The fourth-order valence-corrected chi connectivity index (χ4v) is 5.88. The fraction of sp³-hybridized carbons (Fsp3) is 0.500. The van der Waals surface area contributed by atoms with Gasteiger partial charge in [-0.15, -0.1) is 0 Å². The zero-order valence-electron chi connectivity index (χ0n) is 31.8. The first kappa shape index (κ1) is 42.4. The van der Waals surface area contributed by atoms with Crippen molar-refractivity contribution in [2.75, 3.05) is 0 Å². The van der Waals surface area contributed by atoms with Crippen LogP contribution in [0, 0.1) is 17.8 Å². The molecule has 7 atom stereocenters. The highest BCUT2D eigenvalue weighted by molar-refractivity contribution is 5.96. The number of carbonyl (C=O) groups excluding carboxylic acids is 6. The topological polar surface area (TPSA) is 204 Å². The molecule has 287 valence electrons. The molecule has 0 spiro atoms. The van der Waals surface area contributed by atoms with E-state index in [1.807, 2.05) is 88.6 Å². The number of nitrogens with two attached hydrogens (primary N) is 1. The first-order valence-corrected chi connectivity index (χ1v) is 18.4. The summed E-state index contributed by atoms with van der Waals surface area (Å²) in [6.45, 7) is 12.6. The Bertz CT molecular complexity index is 1690. The number of rotatable bonds is 20. The molecule has 13 heteroatoms. The third-order valence-electron chi connectivity index (χ3n) is 9.34. The van der Waals surface area contributed by atoms with Crippen LogP contribution in [0.4, 0.5) is 0 Å². The van der Waals surface area contributed by atoms with Crippen molar-refractivity contribution in [3.8, 4) is 0 Å². The second kappa shape index (κ2) is 20.3. The van der Waals surface area contributed by atoms with Crippen LogP contribution in [0.1, 0.15) is 72.4 Å². The Hall–Kier alpha value is -5.04. The molecule has 0 bridgehead atoms. The summed E-state index contributed by atoms with van der Waals surface area (Å²) in [5.41, 5.74) is 8.68. The summed E-state index contributed by atoms with van der Waals surface area (Å²) in [6, 6.07) is 10.9. The van der Waals surface area contributed by atoms with Crippen LogP contribution in [0.15, 0.2) is 60.8 Å². The van der Waals surface area contributed by atoms with Crippen molar-refractivity contribution >= 4 is 46.7 Å². The molecule has 3 rings (SSSR count). The van der Waals surface area contributed by atoms with E-state index in [9.17, 15) is 28.8 Å². The predicted octanol–water partition coefficient (Wildman–Crippen LogP) is 2.58. The van der Waals surface area contributed by atoms with Gasteiger partial charge in [0.25, 0.3) is 0 Å². The molecule has 0 aliphatic carbocycles. The minimum Gasteiger partial charge on any atom is -0.361 e. The Morgan fingerprint density at radius 2 is 1.34 bits per heavy atom. The van der Waals surface area contributed by atoms with Gasteiger partial charge in [-0.25, -0.2) is 0 Å². The van der Waals surface area contributed by atoms with Gasteiger partial charge in [-0.05, 0) is 54.7 Å². The molecular formula is C40H56N7O6. The van der Waals surface area contributed by atoms with Crippen LogP contribution in [-0.4, -0.2) is 77.1 Å². The highest BCUT2D eigenvalue weighted by atomic mass is 16.2. The average Bonchev–Trinajstić information content (AvgIpc) is 3.54. The van der Waals surface area contributed by atoms with Crippen LogP contribution in [0.5, 0.6) is 0 Å². The Kier molecular flexibility index (Phi) is 16.2. The molecule has 0 aliphatic heterocycles. The van der Waals surface area contributed by atoms with Crippen LogP contribution < -0.4 is 32.3 Å². The van der Waals surface area contributed by atoms with Gasteiger partial charge < -0.3 is 37.3 Å². The highest BCUT2D eigenvalue weighted by Gasteiger charge is 2.33. The minimum absolute atomic E-state index is 0.00694. The van der Waals surface area contributed by atoms with Gasteiger partial charge in [0.15, 0.2) is 0 Å². The van der Waals surface area contributed by atoms with Crippen LogP contribution in [-0.2, 0) is 41.6 Å². The van der Waals surface area contributed by atoms with Gasteiger partial charge in [-0.2, -0.15) is 0 Å². The number of para-hydroxylation sites is 1. The summed E-state index contributed by atoms with van der Waals surface area (Å²) in [4.78, 5) is 82.4. The summed E-state index contributed by atoms with van der Waals surface area (Å²) >= 11 is 0. The minimum atomic E-state index is -1.15. The van der Waals surface area contributed by atoms with E-state index in [4.69, 9.17) is 5.73 Å². The average molecular weight is 731 g/mol. The van der Waals surface area contributed by atoms with Crippen molar-refractivity contribution in [2.45, 2.75) is 110 Å². The maximum Gasteiger partial charge on any atom is 0.243 e. The first-order valence-electron chi connectivity index (χ1n) is 18.4. The zero-order valence-corrected chi connectivity index (χ0v) is 31.8. The summed E-state index contributed by atoms with van der Waals surface area (Å²) in [5, 5.41) is 14.6. The smallest absolute Gasteiger partial charge is 0.243 e. The van der Waals surface area contributed by atoms with Crippen molar-refractivity contribution < 1.29 is 28.8 Å². The molecule has 0 unspecified atom stereocenters. The van der Waals surface area contributed by atoms with E-state index in [1.54, 1.807) is 20.0 Å². The molecule has 0 fully saturated rings. The molecule has 53 heavy (non-hydrogen) atoms. The van der Waals surface area contributed by atoms with Crippen LogP contribution >= 0.6 is 0 Å². The van der Waals surface area contributed by atoms with Gasteiger partial charge in [-0.3, -0.25) is 28.8 Å². The zero-order chi connectivity index (χ0) is 39.2. The van der Waals surface area contributed by atoms with Crippen LogP contribution in [0.2, 0.25) is 0 Å². The number of carbonyl (C=O) groups is 5. The molecule has 13 nitrogen and oxygen atoms in total. The van der Waals surface area contributed by atoms with E-state index in [-0.39, 0.29) is 37.0 Å². The van der Waals surface area contributed by atoms with E-state index >= 15 is 0 Å².